The fourth-order valence-corrected chi connectivity index (χ4v) is 0. The van der Waals surface area contributed by atoms with Gasteiger partial charge in [0.1, 0.15) is 0 Å². The molecule has 0 radical (unpaired) electrons. The van der Waals surface area contributed by atoms with Crippen molar-refractivity contribution in [3.05, 3.63) is 39.2 Å². The number of carbonyl (C=O) groups excluding carboxylic acids is 2. The summed E-state index contributed by atoms with van der Waals surface area (Å²) >= 11 is 0. The maximum Gasteiger partial charge on any atom is 0.0344 e. The van der Waals surface area contributed by atoms with Crippen LogP contribution in [0.3, 0.4) is 0 Å². The van der Waals surface area contributed by atoms with E-state index in [4.69, 9.17) is 21.1 Å². The van der Waals surface area contributed by atoms with Gasteiger partial charge in [-0.3, -0.25) is 0 Å². The fourth-order valence-electron chi connectivity index (χ4n) is 0. The molecule has 0 heterocycles. The van der Waals surface area contributed by atoms with E-state index in [1.54, 1.807) is 27.7 Å². The number of hydrogen-bond donors (Lipinski definition) is 0. The summed E-state index contributed by atoms with van der Waals surface area (Å²) in [5.41, 5.74) is 11.1. The first kappa shape index (κ1) is 46.3. The average Bonchev–Trinajstić information content (AvgIpc) is 2.31. The van der Waals surface area contributed by atoms with Gasteiger partial charge in [0, 0.05) is 39.0 Å². The van der Waals surface area contributed by atoms with Crippen LogP contribution in [0.1, 0.15) is 27.7 Å². The van der Waals surface area contributed by atoms with E-state index in [9.17, 15) is 0 Å². The van der Waals surface area contributed by atoms with Crippen LogP contribution in [0.5, 0.6) is 0 Å². The third-order valence-corrected chi connectivity index (χ3v) is 0. The van der Waals surface area contributed by atoms with Gasteiger partial charge in [0.2, 0.25) is 0 Å². The second-order valence-corrected chi connectivity index (χ2v) is 0.236. The number of amides is 2. The minimum atomic E-state index is 0. The molecule has 0 aliphatic heterocycles. The third kappa shape index (κ3) is 61800. The average molecular weight is 296 g/mol. The molecule has 0 aromatic heterocycles. The van der Waals surface area contributed by atoms with Crippen LogP contribution in [0.25, 0.3) is 11.5 Å². The molecule has 5 heteroatoms. The van der Waals surface area contributed by atoms with Crippen molar-refractivity contribution in [2.24, 2.45) is 0 Å². The van der Waals surface area contributed by atoms with Crippen molar-refractivity contribution in [2.75, 3.05) is 0 Å². The van der Waals surface area contributed by atoms with Crippen LogP contribution in [0.4, 0.5) is 0 Å². The van der Waals surface area contributed by atoms with Crippen molar-refractivity contribution in [2.45, 2.75) is 27.7 Å². The zero-order chi connectivity index (χ0) is 13.4. The van der Waals surface area contributed by atoms with Gasteiger partial charge in [0.05, 0.1) is 0 Å². The Bertz CT molecular complexity index is 42.4. The van der Waals surface area contributed by atoms with E-state index in [0.29, 0.717) is 0 Å². The topological polar surface area (TPSA) is 81.7 Å². The SMILES string of the molecule is [CH2-]C.[CH2-]C.[CH2-]C.[CH2-]C.[NH-]C=O.[NH-]C=O.[Zr]. The van der Waals surface area contributed by atoms with Crippen LogP contribution in [0.15, 0.2) is 0 Å². The molecule has 96 valence electrons. The van der Waals surface area contributed by atoms with Crippen LogP contribution in [0.2, 0.25) is 0 Å². The van der Waals surface area contributed by atoms with E-state index in [2.05, 4.69) is 27.7 Å². The maximum atomic E-state index is 8.47. The molecule has 2 amide bonds. The Balaban J connectivity index is -0.0000000103. The van der Waals surface area contributed by atoms with Gasteiger partial charge in [0.25, 0.3) is 0 Å². The molecule has 0 rings (SSSR count). The summed E-state index contributed by atoms with van der Waals surface area (Å²) in [7, 11) is 0. The van der Waals surface area contributed by atoms with Gasteiger partial charge in [-0.2, -0.15) is 27.7 Å². The number of hydrogen-bond acceptors (Lipinski definition) is 2. The minimum Gasteiger partial charge on any atom is -0.671 e. The van der Waals surface area contributed by atoms with Crippen LogP contribution >= 0.6 is 0 Å². The summed E-state index contributed by atoms with van der Waals surface area (Å²) in [6, 6.07) is 0. The molecular weight excluding hydrogens is 271 g/mol. The summed E-state index contributed by atoms with van der Waals surface area (Å²) in [4.78, 5) is 16.9. The van der Waals surface area contributed by atoms with Gasteiger partial charge in [0.15, 0.2) is 0 Å². The molecule has 2 N–H and O–H groups in total. The second-order valence-electron chi connectivity index (χ2n) is 0.236. The first-order valence-corrected chi connectivity index (χ1v) is 3.88. The van der Waals surface area contributed by atoms with Crippen molar-refractivity contribution in [3.63, 3.8) is 0 Å². The molecule has 0 bridgehead atoms. The second kappa shape index (κ2) is 684. The van der Waals surface area contributed by atoms with Gasteiger partial charge >= 0.3 is 0 Å². The molecule has 0 saturated carbocycles. The Hall–Kier alpha value is -0.177. The monoisotopic (exact) mass is 294 g/mol. The fraction of sp³-hybridized carbons (Fsp3) is 0.400. The minimum absolute atomic E-state index is 0. The van der Waals surface area contributed by atoms with Crippen molar-refractivity contribution in [1.29, 1.82) is 0 Å². The molecule has 0 aromatic carbocycles. The molecular formula is C10H24N2O2Zr-6. The molecule has 0 aliphatic rings. The molecule has 0 unspecified atom stereocenters. The predicted molar refractivity (Wildman–Crippen MR) is 64.9 cm³/mol. The smallest absolute Gasteiger partial charge is 0.0344 e. The normalized spacial score (nSPS) is 3.20. The maximum absolute atomic E-state index is 8.47. The third-order valence-electron chi connectivity index (χ3n) is 0. The van der Waals surface area contributed by atoms with Gasteiger partial charge in [-0.1, -0.05) is 0 Å². The Morgan fingerprint density at radius 1 is 0.667 bits per heavy atom. The number of nitrogens with one attached hydrogen (secondary N) is 2. The van der Waals surface area contributed by atoms with Crippen LogP contribution in [-0.2, 0) is 35.8 Å². The van der Waals surface area contributed by atoms with Crippen molar-refractivity contribution >= 4 is 12.8 Å². The Morgan fingerprint density at radius 3 is 0.667 bits per heavy atom. The molecule has 0 aromatic rings. The van der Waals surface area contributed by atoms with Gasteiger partial charge < -0.3 is 48.8 Å². The Labute approximate surface area is 115 Å². The van der Waals surface area contributed by atoms with Crippen molar-refractivity contribution in [3.8, 4) is 0 Å². The van der Waals surface area contributed by atoms with E-state index in [0.717, 1.165) is 0 Å². The summed E-state index contributed by atoms with van der Waals surface area (Å²) in [6.45, 7) is 20.0. The van der Waals surface area contributed by atoms with Crippen LogP contribution in [0, 0.1) is 27.7 Å². The van der Waals surface area contributed by atoms with E-state index >= 15 is 0 Å². The van der Waals surface area contributed by atoms with Crippen molar-refractivity contribution in [1.82, 2.24) is 0 Å². The largest absolute Gasteiger partial charge is 0.671 e. The summed E-state index contributed by atoms with van der Waals surface area (Å²) < 4.78 is 0. The standard InChI is InChI=1S/4C2H5.2CH3NO.Zr/c4*1-2;2*2-1-3;/h4*1H2,2H3;2*1H,(H2,2,3);/q4*-1;;;/p-2. The molecule has 0 atom stereocenters. The summed E-state index contributed by atoms with van der Waals surface area (Å²) in [6.07, 6.45) is 0. The van der Waals surface area contributed by atoms with Gasteiger partial charge in [-0.05, 0) is 0 Å². The Kier molecular flexibility index (Phi) is 2110. The van der Waals surface area contributed by atoms with E-state index < -0.39 is 0 Å². The molecule has 0 aliphatic carbocycles. The summed E-state index contributed by atoms with van der Waals surface area (Å²) in [5, 5.41) is 0. The zero-order valence-electron chi connectivity index (χ0n) is 10.3. The van der Waals surface area contributed by atoms with E-state index in [-0.39, 0.29) is 39.0 Å². The number of rotatable bonds is 0. The quantitative estimate of drug-likeness (QED) is 0.503. The first-order valence-electron chi connectivity index (χ1n) is 3.88. The van der Waals surface area contributed by atoms with E-state index in [1.165, 1.54) is 0 Å². The van der Waals surface area contributed by atoms with Gasteiger partial charge in [-0.25, -0.2) is 0 Å². The van der Waals surface area contributed by atoms with E-state index in [1.807, 2.05) is 0 Å². The zero-order valence-corrected chi connectivity index (χ0v) is 12.8. The predicted octanol–water partition coefficient (Wildman–Crippen LogP) is 3.75. The van der Waals surface area contributed by atoms with Crippen LogP contribution in [-0.4, -0.2) is 12.8 Å². The first-order chi connectivity index (χ1) is 6.83. The molecule has 0 saturated heterocycles. The molecule has 4 nitrogen and oxygen atoms in total. The molecule has 0 spiro atoms. The molecule has 15 heavy (non-hydrogen) atoms. The van der Waals surface area contributed by atoms with Gasteiger partial charge in [-0.15, -0.1) is 0 Å². The van der Waals surface area contributed by atoms with Crippen LogP contribution < -0.4 is 0 Å². The summed E-state index contributed by atoms with van der Waals surface area (Å²) in [5.74, 6) is 0. The van der Waals surface area contributed by atoms with Crippen molar-refractivity contribution < 1.29 is 35.8 Å². The molecule has 0 fully saturated rings. The Morgan fingerprint density at radius 2 is 0.667 bits per heavy atom. The number of carbonyl (C=O) groups is 2.